The van der Waals surface area contributed by atoms with Crippen LogP contribution < -0.4 is 26.0 Å². The zero-order chi connectivity index (χ0) is 40.4. The highest BCUT2D eigenvalue weighted by atomic mass is 19.4. The Hall–Kier alpha value is -5.55. The van der Waals surface area contributed by atoms with E-state index in [0.717, 1.165) is 52.7 Å². The lowest BCUT2D eigenvalue weighted by molar-refractivity contribution is -0.136. The molecule has 2 saturated heterocycles. The van der Waals surface area contributed by atoms with E-state index in [4.69, 9.17) is 4.74 Å². The lowest BCUT2D eigenvalue weighted by atomic mass is 9.90. The summed E-state index contributed by atoms with van der Waals surface area (Å²) in [5.41, 5.74) is 0.839. The van der Waals surface area contributed by atoms with Crippen molar-refractivity contribution in [2.45, 2.75) is 64.8 Å². The van der Waals surface area contributed by atoms with Crippen molar-refractivity contribution in [2.75, 3.05) is 59.8 Å². The number of aryl methyl sites for hydroxylation is 1. The van der Waals surface area contributed by atoms with Crippen molar-refractivity contribution >= 4 is 40.6 Å². The second-order valence-corrected chi connectivity index (χ2v) is 16.1. The van der Waals surface area contributed by atoms with Gasteiger partial charge in [0.2, 0.25) is 5.91 Å². The SMILES string of the molecule is C=CC(=O)Nc1cc(Nc2nc(-c3ccnc(N4CCCn5c(cc6c5CC(C)(C)C6)C4=O)c3C(F)(F)F)cn(C)c2=O)cnc1N1CCN(C2COC2)CC1C. The molecule has 0 radical (unpaired) electrons. The van der Waals surface area contributed by atoms with E-state index in [-0.39, 0.29) is 40.8 Å². The van der Waals surface area contributed by atoms with Crippen molar-refractivity contribution in [3.8, 4) is 11.3 Å². The summed E-state index contributed by atoms with van der Waals surface area (Å²) in [5.74, 6) is -1.30. The zero-order valence-electron chi connectivity index (χ0n) is 32.3. The average molecular weight is 787 g/mol. The van der Waals surface area contributed by atoms with Gasteiger partial charge in [0.1, 0.15) is 17.1 Å². The van der Waals surface area contributed by atoms with E-state index in [0.29, 0.717) is 56.0 Å². The normalized spacial score (nSPS) is 19.8. The van der Waals surface area contributed by atoms with Gasteiger partial charge in [0, 0.05) is 69.5 Å². The van der Waals surface area contributed by atoms with E-state index in [1.165, 1.54) is 31.7 Å². The Morgan fingerprint density at radius 3 is 2.56 bits per heavy atom. The van der Waals surface area contributed by atoms with Crippen molar-refractivity contribution in [2.24, 2.45) is 12.5 Å². The number of pyridine rings is 2. The largest absolute Gasteiger partial charge is 0.420 e. The van der Waals surface area contributed by atoms with E-state index in [1.54, 1.807) is 6.07 Å². The van der Waals surface area contributed by atoms with Crippen LogP contribution in [0.15, 0.2) is 54.2 Å². The molecule has 2 amide bonds. The standard InChI is InChI=1S/C40H45F3N10O4/c1-6-32(54)47-28-15-25(18-45-35(28)51-13-12-50(19-23(51)2)26-21-57-22-26)46-34-38(56)49(5)20-29(48-34)27-8-9-44-36(33(27)40(41,42)43)53-11-7-10-52-30(37(53)55)14-24-16-39(3,4)17-31(24)52/h6,8-9,14-15,18,20,23,26H,1,7,10-13,16-17,19,21-22H2,2-5H3,(H,46,48)(H,47,54). The van der Waals surface area contributed by atoms with Crippen LogP contribution in [0.3, 0.4) is 0 Å². The Morgan fingerprint density at radius 2 is 1.86 bits per heavy atom. The van der Waals surface area contributed by atoms with Crippen LogP contribution in [0.5, 0.6) is 0 Å². The fourth-order valence-electron chi connectivity index (χ4n) is 8.50. The highest BCUT2D eigenvalue weighted by Crippen LogP contribution is 2.44. The minimum absolute atomic E-state index is 0.0311. The summed E-state index contributed by atoms with van der Waals surface area (Å²) in [4.78, 5) is 58.9. The quantitative estimate of drug-likeness (QED) is 0.234. The molecule has 4 aromatic rings. The van der Waals surface area contributed by atoms with Gasteiger partial charge in [-0.15, -0.1) is 0 Å². The van der Waals surface area contributed by atoms with Gasteiger partial charge in [-0.3, -0.25) is 24.2 Å². The maximum absolute atomic E-state index is 15.2. The van der Waals surface area contributed by atoms with Crippen molar-refractivity contribution < 1.29 is 27.5 Å². The van der Waals surface area contributed by atoms with Crippen LogP contribution in [0, 0.1) is 5.41 Å². The molecular weight excluding hydrogens is 741 g/mol. The molecule has 2 fully saturated rings. The molecule has 17 heteroatoms. The maximum atomic E-state index is 15.2. The first-order chi connectivity index (χ1) is 27.1. The molecule has 4 aliphatic rings. The number of piperazine rings is 1. The van der Waals surface area contributed by atoms with Gasteiger partial charge in [-0.1, -0.05) is 20.4 Å². The summed E-state index contributed by atoms with van der Waals surface area (Å²) >= 11 is 0. The predicted molar refractivity (Wildman–Crippen MR) is 209 cm³/mol. The summed E-state index contributed by atoms with van der Waals surface area (Å²) in [7, 11) is 1.41. The number of nitrogens with one attached hydrogen (secondary N) is 2. The van der Waals surface area contributed by atoms with Gasteiger partial charge in [0.05, 0.1) is 42.5 Å². The van der Waals surface area contributed by atoms with E-state index < -0.39 is 34.9 Å². The third-order valence-electron chi connectivity index (χ3n) is 11.3. The van der Waals surface area contributed by atoms with Crippen molar-refractivity contribution in [1.82, 2.24) is 29.0 Å². The molecule has 1 aliphatic carbocycles. The molecule has 300 valence electrons. The molecule has 8 rings (SSSR count). The van der Waals surface area contributed by atoms with Gasteiger partial charge in [-0.2, -0.15) is 13.2 Å². The van der Waals surface area contributed by atoms with Crippen LogP contribution in [0.2, 0.25) is 0 Å². The second kappa shape index (κ2) is 14.4. The first-order valence-corrected chi connectivity index (χ1v) is 19.1. The van der Waals surface area contributed by atoms with E-state index in [1.807, 2.05) is 10.6 Å². The van der Waals surface area contributed by atoms with Gasteiger partial charge >= 0.3 is 6.18 Å². The topological polar surface area (TPSA) is 143 Å². The molecule has 0 saturated carbocycles. The number of carbonyl (C=O) groups excluding carboxylic acids is 2. The number of ether oxygens (including phenoxy) is 1. The molecule has 1 atom stereocenters. The number of nitrogens with zero attached hydrogens (tertiary/aromatic N) is 8. The minimum atomic E-state index is -4.95. The van der Waals surface area contributed by atoms with Gasteiger partial charge < -0.3 is 29.4 Å². The summed E-state index contributed by atoms with van der Waals surface area (Å²) < 4.78 is 54.2. The van der Waals surface area contributed by atoms with Crippen molar-refractivity contribution in [3.63, 3.8) is 0 Å². The van der Waals surface area contributed by atoms with Crippen LogP contribution in [0.25, 0.3) is 11.3 Å². The number of hydrogen-bond acceptors (Lipinski definition) is 10. The second-order valence-electron chi connectivity index (χ2n) is 16.1. The van der Waals surface area contributed by atoms with Gasteiger partial charge in [0.15, 0.2) is 11.6 Å². The number of aromatic nitrogens is 5. The number of amides is 2. The Balaban J connectivity index is 1.13. The Kier molecular flexibility index (Phi) is 9.71. The van der Waals surface area contributed by atoms with Crippen LogP contribution in [-0.4, -0.2) is 92.3 Å². The smallest absolute Gasteiger partial charge is 0.378 e. The third kappa shape index (κ3) is 7.18. The zero-order valence-corrected chi connectivity index (χ0v) is 32.3. The summed E-state index contributed by atoms with van der Waals surface area (Å²) in [6.07, 6.45) is 2.10. The molecule has 1 unspecified atom stereocenters. The Labute approximate surface area is 327 Å². The average Bonchev–Trinajstić information content (AvgIpc) is 3.55. The molecule has 2 N–H and O–H groups in total. The lowest BCUT2D eigenvalue weighted by Crippen LogP contribution is -2.59. The minimum Gasteiger partial charge on any atom is -0.378 e. The van der Waals surface area contributed by atoms with Gasteiger partial charge in [-0.05, 0) is 61.4 Å². The van der Waals surface area contributed by atoms with Gasteiger partial charge in [0.25, 0.3) is 11.5 Å². The number of alkyl halides is 3. The summed E-state index contributed by atoms with van der Waals surface area (Å²) in [5, 5.41) is 5.74. The molecular formula is C40H45F3N10O4. The summed E-state index contributed by atoms with van der Waals surface area (Å²) in [6, 6.07) is 5.02. The Morgan fingerprint density at radius 1 is 1.07 bits per heavy atom. The Bertz CT molecular complexity index is 2330. The number of rotatable bonds is 8. The molecule has 3 aliphatic heterocycles. The van der Waals surface area contributed by atoms with Crippen LogP contribution in [-0.2, 0) is 42.1 Å². The molecule has 0 aromatic carbocycles. The molecule has 14 nitrogen and oxygen atoms in total. The predicted octanol–water partition coefficient (Wildman–Crippen LogP) is 5.01. The number of halogens is 3. The van der Waals surface area contributed by atoms with Crippen LogP contribution in [0.4, 0.5) is 42.0 Å². The third-order valence-corrected chi connectivity index (χ3v) is 11.3. The van der Waals surface area contributed by atoms with E-state index >= 15 is 13.2 Å². The fraction of sp³-hybridized carbons (Fsp3) is 0.450. The van der Waals surface area contributed by atoms with Crippen molar-refractivity contribution in [3.05, 3.63) is 82.3 Å². The summed E-state index contributed by atoms with van der Waals surface area (Å²) in [6.45, 7) is 14.1. The molecule has 4 aromatic heterocycles. The van der Waals surface area contributed by atoms with Crippen molar-refractivity contribution in [1.29, 1.82) is 0 Å². The fourth-order valence-corrected chi connectivity index (χ4v) is 8.50. The highest BCUT2D eigenvalue weighted by molar-refractivity contribution is 6.06. The van der Waals surface area contributed by atoms with Crippen LogP contribution >= 0.6 is 0 Å². The number of carbonyl (C=O) groups is 2. The number of fused-ring (bicyclic) bond motifs is 3. The monoisotopic (exact) mass is 786 g/mol. The molecule has 0 spiro atoms. The van der Waals surface area contributed by atoms with Crippen LogP contribution in [0.1, 0.15) is 54.5 Å². The lowest BCUT2D eigenvalue weighted by Gasteiger charge is -2.46. The van der Waals surface area contributed by atoms with Gasteiger partial charge in [-0.25, -0.2) is 15.0 Å². The molecule has 57 heavy (non-hydrogen) atoms. The number of anilines is 5. The number of hydrogen-bond donors (Lipinski definition) is 2. The molecule has 0 bridgehead atoms. The first kappa shape index (κ1) is 38.3. The van der Waals surface area contributed by atoms with E-state index in [9.17, 15) is 14.4 Å². The first-order valence-electron chi connectivity index (χ1n) is 19.1. The highest BCUT2D eigenvalue weighted by Gasteiger charge is 2.43. The maximum Gasteiger partial charge on any atom is 0.420 e. The molecule has 7 heterocycles. The van der Waals surface area contributed by atoms with E-state index in [2.05, 4.69) is 62.7 Å².